The molecule has 2 aliphatic rings. The summed E-state index contributed by atoms with van der Waals surface area (Å²) in [4.78, 5) is 2.53. The maximum absolute atomic E-state index is 5.58. The monoisotopic (exact) mass is 288 g/mol. The summed E-state index contributed by atoms with van der Waals surface area (Å²) < 4.78 is 5.58. The number of hydrogen-bond acceptors (Lipinski definition) is 3. The number of nitrogens with one attached hydrogen (secondary N) is 1. The van der Waals surface area contributed by atoms with E-state index in [2.05, 4.69) is 42.4 Å². The van der Waals surface area contributed by atoms with E-state index in [1.807, 2.05) is 0 Å². The van der Waals surface area contributed by atoms with Crippen molar-refractivity contribution >= 4 is 0 Å². The predicted octanol–water partition coefficient (Wildman–Crippen LogP) is 3.15. The molecule has 1 unspecified atom stereocenters. The van der Waals surface area contributed by atoms with Gasteiger partial charge in [-0.2, -0.15) is 0 Å². The number of ether oxygens (including phenoxy) is 1. The molecular formula is C18H28N2O. The van der Waals surface area contributed by atoms with Crippen molar-refractivity contribution in [1.29, 1.82) is 0 Å². The van der Waals surface area contributed by atoms with Gasteiger partial charge in [0.15, 0.2) is 0 Å². The first-order chi connectivity index (χ1) is 10.2. The van der Waals surface area contributed by atoms with Crippen LogP contribution in [-0.4, -0.2) is 37.7 Å². The molecule has 3 heteroatoms. The Kier molecular flexibility index (Phi) is 4.81. The molecular weight excluding hydrogens is 260 g/mol. The van der Waals surface area contributed by atoms with Crippen molar-refractivity contribution in [3.63, 3.8) is 0 Å². The predicted molar refractivity (Wildman–Crippen MR) is 86.9 cm³/mol. The molecule has 1 N–H and O–H groups in total. The largest absolute Gasteiger partial charge is 0.493 e. The van der Waals surface area contributed by atoms with Gasteiger partial charge in [-0.15, -0.1) is 0 Å². The molecule has 1 aliphatic heterocycles. The van der Waals surface area contributed by atoms with Gasteiger partial charge < -0.3 is 15.0 Å². The highest BCUT2D eigenvalue weighted by Gasteiger charge is 2.19. The number of fused-ring (bicyclic) bond motifs is 1. The van der Waals surface area contributed by atoms with Crippen LogP contribution in [0.3, 0.4) is 0 Å². The molecule has 0 radical (unpaired) electrons. The van der Waals surface area contributed by atoms with Crippen LogP contribution in [0.2, 0.25) is 0 Å². The topological polar surface area (TPSA) is 24.5 Å². The zero-order valence-electron chi connectivity index (χ0n) is 13.4. The van der Waals surface area contributed by atoms with Gasteiger partial charge >= 0.3 is 0 Å². The lowest BCUT2D eigenvalue weighted by Crippen LogP contribution is -2.36. The Morgan fingerprint density at radius 3 is 2.95 bits per heavy atom. The van der Waals surface area contributed by atoms with E-state index < -0.39 is 0 Å². The lowest BCUT2D eigenvalue weighted by atomic mass is 10.0. The summed E-state index contributed by atoms with van der Waals surface area (Å²) in [5, 5.41) is 3.66. The van der Waals surface area contributed by atoms with E-state index in [4.69, 9.17) is 4.74 Å². The second kappa shape index (κ2) is 6.80. The van der Waals surface area contributed by atoms with Gasteiger partial charge in [-0.25, -0.2) is 0 Å². The van der Waals surface area contributed by atoms with Crippen molar-refractivity contribution in [1.82, 2.24) is 10.2 Å². The molecule has 1 fully saturated rings. The zero-order chi connectivity index (χ0) is 14.7. The van der Waals surface area contributed by atoms with Crippen LogP contribution in [0.5, 0.6) is 5.75 Å². The van der Waals surface area contributed by atoms with Crippen LogP contribution in [0.15, 0.2) is 18.2 Å². The summed E-state index contributed by atoms with van der Waals surface area (Å²) in [6, 6.07) is 7.86. The molecule has 1 aromatic rings. The van der Waals surface area contributed by atoms with E-state index in [1.165, 1.54) is 36.8 Å². The van der Waals surface area contributed by atoms with Crippen LogP contribution >= 0.6 is 0 Å². The molecule has 0 amide bonds. The smallest absolute Gasteiger partial charge is 0.122 e. The summed E-state index contributed by atoms with van der Waals surface area (Å²) in [6.45, 7) is 5.30. The average molecular weight is 288 g/mol. The third kappa shape index (κ3) is 3.58. The van der Waals surface area contributed by atoms with Crippen LogP contribution in [0.1, 0.15) is 49.8 Å². The normalized spacial score (nSPS) is 19.8. The summed E-state index contributed by atoms with van der Waals surface area (Å²) >= 11 is 0. The zero-order valence-corrected chi connectivity index (χ0v) is 13.4. The summed E-state index contributed by atoms with van der Waals surface area (Å²) in [6.07, 6.45) is 6.65. The van der Waals surface area contributed by atoms with Crippen molar-refractivity contribution in [3.05, 3.63) is 29.3 Å². The van der Waals surface area contributed by atoms with E-state index in [9.17, 15) is 0 Å². The number of benzene rings is 1. The maximum atomic E-state index is 5.58. The van der Waals surface area contributed by atoms with Crippen LogP contribution in [0.25, 0.3) is 0 Å². The number of likely N-dealkylation sites (N-methyl/N-ethyl adjacent to an activating group) is 1. The fourth-order valence-corrected chi connectivity index (χ4v) is 3.58. The van der Waals surface area contributed by atoms with Crippen LogP contribution in [-0.2, 0) is 6.42 Å². The summed E-state index contributed by atoms with van der Waals surface area (Å²) in [5.41, 5.74) is 2.74. The van der Waals surface area contributed by atoms with Gasteiger partial charge in [0.2, 0.25) is 0 Å². The molecule has 21 heavy (non-hydrogen) atoms. The molecule has 1 atom stereocenters. The van der Waals surface area contributed by atoms with Crippen molar-refractivity contribution in [2.45, 2.75) is 51.1 Å². The molecule has 3 rings (SSSR count). The highest BCUT2D eigenvalue weighted by atomic mass is 16.5. The molecule has 3 nitrogen and oxygen atoms in total. The van der Waals surface area contributed by atoms with Crippen molar-refractivity contribution < 1.29 is 4.74 Å². The van der Waals surface area contributed by atoms with Crippen molar-refractivity contribution in [2.24, 2.45) is 0 Å². The van der Waals surface area contributed by atoms with E-state index in [0.717, 1.165) is 37.9 Å². The lowest BCUT2D eigenvalue weighted by Gasteiger charge is -2.25. The van der Waals surface area contributed by atoms with Gasteiger partial charge in [-0.1, -0.05) is 25.0 Å². The first-order valence-electron chi connectivity index (χ1n) is 8.43. The average Bonchev–Trinajstić information content (AvgIpc) is 3.17. The second-order valence-electron chi connectivity index (χ2n) is 6.56. The van der Waals surface area contributed by atoms with Gasteiger partial charge in [0.25, 0.3) is 0 Å². The Balaban J connectivity index is 1.46. The Morgan fingerprint density at radius 2 is 2.14 bits per heavy atom. The quantitative estimate of drug-likeness (QED) is 0.870. The van der Waals surface area contributed by atoms with Crippen LogP contribution in [0, 0.1) is 0 Å². The molecule has 0 saturated heterocycles. The Labute approximate surface area is 128 Å². The van der Waals surface area contributed by atoms with Crippen molar-refractivity contribution in [3.8, 4) is 5.75 Å². The SMILES string of the molecule is CC(NCCN(C)C1CCCC1)c1ccc2c(c1)CCO2. The third-order valence-corrected chi connectivity index (χ3v) is 5.08. The first-order valence-corrected chi connectivity index (χ1v) is 8.43. The highest BCUT2D eigenvalue weighted by molar-refractivity contribution is 5.40. The Morgan fingerprint density at radius 1 is 1.33 bits per heavy atom. The molecule has 0 spiro atoms. The first kappa shape index (κ1) is 14.9. The molecule has 1 aliphatic carbocycles. The molecule has 0 aromatic heterocycles. The maximum Gasteiger partial charge on any atom is 0.122 e. The second-order valence-corrected chi connectivity index (χ2v) is 6.56. The highest BCUT2D eigenvalue weighted by Crippen LogP contribution is 2.28. The Bertz CT molecular complexity index is 468. The molecule has 0 bridgehead atoms. The van der Waals surface area contributed by atoms with Gasteiger partial charge in [-0.05, 0) is 44.0 Å². The standard InChI is InChI=1S/C18H28N2O/c1-14(15-7-8-18-16(13-15)9-12-21-18)19-10-11-20(2)17-5-3-4-6-17/h7-8,13-14,17,19H,3-6,9-12H2,1-2H3. The number of nitrogens with zero attached hydrogens (tertiary/aromatic N) is 1. The summed E-state index contributed by atoms with van der Waals surface area (Å²) in [5.74, 6) is 1.08. The van der Waals surface area contributed by atoms with E-state index in [1.54, 1.807) is 0 Å². The molecule has 1 heterocycles. The van der Waals surface area contributed by atoms with Gasteiger partial charge in [0.1, 0.15) is 5.75 Å². The van der Waals surface area contributed by atoms with E-state index >= 15 is 0 Å². The minimum Gasteiger partial charge on any atom is -0.493 e. The van der Waals surface area contributed by atoms with Gasteiger partial charge in [0, 0.05) is 31.6 Å². The Hall–Kier alpha value is -1.06. The fourth-order valence-electron chi connectivity index (χ4n) is 3.58. The van der Waals surface area contributed by atoms with Crippen LogP contribution in [0.4, 0.5) is 0 Å². The van der Waals surface area contributed by atoms with Gasteiger partial charge in [0.05, 0.1) is 6.61 Å². The lowest BCUT2D eigenvalue weighted by molar-refractivity contribution is 0.243. The fraction of sp³-hybridized carbons (Fsp3) is 0.667. The molecule has 116 valence electrons. The number of rotatable bonds is 6. The number of hydrogen-bond donors (Lipinski definition) is 1. The minimum absolute atomic E-state index is 0.410. The van der Waals surface area contributed by atoms with Crippen molar-refractivity contribution in [2.75, 3.05) is 26.7 Å². The van der Waals surface area contributed by atoms with Gasteiger partial charge in [-0.3, -0.25) is 0 Å². The minimum atomic E-state index is 0.410. The molecule has 1 saturated carbocycles. The van der Waals surface area contributed by atoms with Crippen LogP contribution < -0.4 is 10.1 Å². The van der Waals surface area contributed by atoms with E-state index in [0.29, 0.717) is 6.04 Å². The summed E-state index contributed by atoms with van der Waals surface area (Å²) in [7, 11) is 2.27. The third-order valence-electron chi connectivity index (χ3n) is 5.08. The van der Waals surface area contributed by atoms with E-state index in [-0.39, 0.29) is 0 Å². The molecule has 1 aromatic carbocycles.